The van der Waals surface area contributed by atoms with Crippen LogP contribution < -0.4 is 10.6 Å². The van der Waals surface area contributed by atoms with Gasteiger partial charge in [0, 0.05) is 49.9 Å². The molecule has 3 rings (SSSR count). The van der Waals surface area contributed by atoms with Crippen LogP contribution in [0.2, 0.25) is 0 Å². The summed E-state index contributed by atoms with van der Waals surface area (Å²) in [6.45, 7) is 4.40. The standard InChI is InChI=1S/C19H28F3N5OS/c1-2-23-18(24-9-7-16-26-15(12-29-16)19(20,21)22)25-14-8-10-27(11-14)17(28)13-5-3-4-6-13/h12-14H,2-11H2,1H3,(H2,23,24,25). The summed E-state index contributed by atoms with van der Waals surface area (Å²) in [5.41, 5.74) is -0.843. The normalized spacial score (nSPS) is 21.0. The Labute approximate surface area is 173 Å². The average molecular weight is 432 g/mol. The number of nitrogens with one attached hydrogen (secondary N) is 2. The lowest BCUT2D eigenvalue weighted by Gasteiger charge is -2.21. The summed E-state index contributed by atoms with van der Waals surface area (Å²) in [4.78, 5) is 22.6. The second kappa shape index (κ2) is 9.77. The third-order valence-electron chi connectivity index (χ3n) is 5.33. The van der Waals surface area contributed by atoms with Crippen molar-refractivity contribution in [3.05, 3.63) is 16.1 Å². The van der Waals surface area contributed by atoms with E-state index >= 15 is 0 Å². The lowest BCUT2D eigenvalue weighted by Crippen LogP contribution is -2.45. The molecule has 1 aromatic rings. The highest BCUT2D eigenvalue weighted by Gasteiger charge is 2.34. The number of hydrogen-bond acceptors (Lipinski definition) is 4. The summed E-state index contributed by atoms with van der Waals surface area (Å²) in [6, 6.07) is 0.134. The van der Waals surface area contributed by atoms with Gasteiger partial charge in [0.05, 0.1) is 5.01 Å². The van der Waals surface area contributed by atoms with Crippen molar-refractivity contribution < 1.29 is 18.0 Å². The first kappa shape index (κ1) is 21.9. The molecule has 1 atom stereocenters. The van der Waals surface area contributed by atoms with E-state index in [-0.39, 0.29) is 17.9 Å². The third kappa shape index (κ3) is 6.07. The predicted molar refractivity (Wildman–Crippen MR) is 107 cm³/mol. The number of aliphatic imine (C=N–C) groups is 1. The molecule has 1 aliphatic heterocycles. The predicted octanol–water partition coefficient (Wildman–Crippen LogP) is 3.05. The topological polar surface area (TPSA) is 69.6 Å². The molecule has 29 heavy (non-hydrogen) atoms. The number of guanidine groups is 1. The molecular weight excluding hydrogens is 403 g/mol. The first-order valence-electron chi connectivity index (χ1n) is 10.2. The fourth-order valence-electron chi connectivity index (χ4n) is 3.84. The molecule has 2 fully saturated rings. The van der Waals surface area contributed by atoms with E-state index in [1.165, 1.54) is 0 Å². The van der Waals surface area contributed by atoms with Gasteiger partial charge in [-0.2, -0.15) is 13.2 Å². The maximum absolute atomic E-state index is 12.6. The maximum atomic E-state index is 12.6. The number of halogens is 3. The summed E-state index contributed by atoms with van der Waals surface area (Å²) >= 11 is 1.00. The fourth-order valence-corrected chi connectivity index (χ4v) is 4.64. The molecule has 1 saturated carbocycles. The highest BCUT2D eigenvalue weighted by atomic mass is 32.1. The van der Waals surface area contributed by atoms with Crippen molar-refractivity contribution in [2.75, 3.05) is 26.2 Å². The molecule has 2 heterocycles. The molecule has 10 heteroatoms. The van der Waals surface area contributed by atoms with Crippen LogP contribution in [0.5, 0.6) is 0 Å². The molecule has 1 amide bonds. The van der Waals surface area contributed by atoms with Crippen molar-refractivity contribution in [2.45, 2.75) is 57.7 Å². The van der Waals surface area contributed by atoms with Crippen molar-refractivity contribution in [2.24, 2.45) is 10.9 Å². The number of thiazole rings is 1. The number of aromatic nitrogens is 1. The monoisotopic (exact) mass is 431 g/mol. The van der Waals surface area contributed by atoms with Gasteiger partial charge in [0.25, 0.3) is 0 Å². The molecular formula is C19H28F3N5OS. The van der Waals surface area contributed by atoms with E-state index in [9.17, 15) is 18.0 Å². The number of likely N-dealkylation sites (tertiary alicyclic amines) is 1. The highest BCUT2D eigenvalue weighted by molar-refractivity contribution is 7.09. The summed E-state index contributed by atoms with van der Waals surface area (Å²) in [5.74, 6) is 1.09. The van der Waals surface area contributed by atoms with Gasteiger partial charge in [0.1, 0.15) is 0 Å². The average Bonchev–Trinajstić information content (AvgIpc) is 3.42. The zero-order valence-corrected chi connectivity index (χ0v) is 17.4. The van der Waals surface area contributed by atoms with E-state index in [0.717, 1.165) is 55.4 Å². The van der Waals surface area contributed by atoms with Crippen LogP contribution in [0, 0.1) is 5.92 Å². The van der Waals surface area contributed by atoms with Crippen LogP contribution in [0.4, 0.5) is 13.2 Å². The first-order valence-corrected chi connectivity index (χ1v) is 11.1. The lowest BCUT2D eigenvalue weighted by molar-refractivity contribution is -0.140. The molecule has 1 saturated heterocycles. The van der Waals surface area contributed by atoms with Crippen LogP contribution in [0.15, 0.2) is 10.4 Å². The van der Waals surface area contributed by atoms with Gasteiger partial charge in [-0.1, -0.05) is 12.8 Å². The van der Waals surface area contributed by atoms with Crippen LogP contribution in [0.1, 0.15) is 49.7 Å². The smallest absolute Gasteiger partial charge is 0.357 e. The summed E-state index contributed by atoms with van der Waals surface area (Å²) in [5, 5.41) is 7.98. The van der Waals surface area contributed by atoms with Gasteiger partial charge < -0.3 is 15.5 Å². The van der Waals surface area contributed by atoms with Crippen LogP contribution in [0.25, 0.3) is 0 Å². The van der Waals surface area contributed by atoms with Crippen molar-refractivity contribution in [1.29, 1.82) is 0 Å². The first-order chi connectivity index (χ1) is 13.9. The molecule has 0 spiro atoms. The minimum Gasteiger partial charge on any atom is -0.357 e. The van der Waals surface area contributed by atoms with Crippen molar-refractivity contribution >= 4 is 23.2 Å². The molecule has 1 aliphatic carbocycles. The number of amides is 1. The molecule has 0 bridgehead atoms. The lowest BCUT2D eigenvalue weighted by atomic mass is 10.1. The number of rotatable bonds is 6. The Kier molecular flexibility index (Phi) is 7.37. The van der Waals surface area contributed by atoms with Gasteiger partial charge in [-0.05, 0) is 26.2 Å². The number of nitrogens with zero attached hydrogens (tertiary/aromatic N) is 3. The number of hydrogen-bond donors (Lipinski definition) is 2. The van der Waals surface area contributed by atoms with Gasteiger partial charge in [0.2, 0.25) is 5.91 Å². The second-order valence-corrected chi connectivity index (χ2v) is 8.47. The Hall–Kier alpha value is -1.84. The van der Waals surface area contributed by atoms with Crippen LogP contribution in [0.3, 0.4) is 0 Å². The highest BCUT2D eigenvalue weighted by Crippen LogP contribution is 2.30. The van der Waals surface area contributed by atoms with Crippen molar-refractivity contribution in [3.8, 4) is 0 Å². The van der Waals surface area contributed by atoms with E-state index in [1.54, 1.807) is 0 Å². The van der Waals surface area contributed by atoms with E-state index in [2.05, 4.69) is 20.6 Å². The van der Waals surface area contributed by atoms with E-state index < -0.39 is 11.9 Å². The Balaban J connectivity index is 1.49. The van der Waals surface area contributed by atoms with Gasteiger partial charge in [-0.3, -0.25) is 9.79 Å². The molecule has 1 unspecified atom stereocenters. The molecule has 2 N–H and O–H groups in total. The van der Waals surface area contributed by atoms with Crippen molar-refractivity contribution in [3.63, 3.8) is 0 Å². The minimum absolute atomic E-state index is 0.134. The minimum atomic E-state index is -4.40. The SMILES string of the molecule is CCNC(=NCCc1nc(C(F)(F)F)cs1)NC1CCN(C(=O)C2CCCC2)C1. The summed E-state index contributed by atoms with van der Waals surface area (Å²) in [7, 11) is 0. The van der Waals surface area contributed by atoms with Gasteiger partial charge in [-0.15, -0.1) is 11.3 Å². The number of alkyl halides is 3. The van der Waals surface area contributed by atoms with Crippen LogP contribution in [-0.2, 0) is 17.4 Å². The van der Waals surface area contributed by atoms with E-state index in [0.29, 0.717) is 37.0 Å². The Bertz CT molecular complexity index is 715. The molecule has 6 nitrogen and oxygen atoms in total. The molecule has 0 radical (unpaired) electrons. The third-order valence-corrected chi connectivity index (χ3v) is 6.24. The zero-order chi connectivity index (χ0) is 20.9. The van der Waals surface area contributed by atoms with Crippen LogP contribution >= 0.6 is 11.3 Å². The fraction of sp³-hybridized carbons (Fsp3) is 0.737. The Morgan fingerprint density at radius 3 is 2.76 bits per heavy atom. The van der Waals surface area contributed by atoms with Gasteiger partial charge >= 0.3 is 6.18 Å². The summed E-state index contributed by atoms with van der Waals surface area (Å²) < 4.78 is 37.9. The molecule has 1 aromatic heterocycles. The number of carbonyl (C=O) groups excluding carboxylic acids is 1. The maximum Gasteiger partial charge on any atom is 0.434 e. The summed E-state index contributed by atoms with van der Waals surface area (Å²) in [6.07, 6.45) is 1.12. The van der Waals surface area contributed by atoms with E-state index in [1.807, 2.05) is 11.8 Å². The second-order valence-electron chi connectivity index (χ2n) is 7.53. The van der Waals surface area contributed by atoms with Gasteiger partial charge in [0.15, 0.2) is 11.7 Å². The van der Waals surface area contributed by atoms with Gasteiger partial charge in [-0.25, -0.2) is 4.98 Å². The van der Waals surface area contributed by atoms with Crippen LogP contribution in [-0.4, -0.2) is 54.0 Å². The molecule has 0 aromatic carbocycles. The van der Waals surface area contributed by atoms with Crippen molar-refractivity contribution in [1.82, 2.24) is 20.5 Å². The Morgan fingerprint density at radius 2 is 2.10 bits per heavy atom. The largest absolute Gasteiger partial charge is 0.434 e. The molecule has 2 aliphatic rings. The quantitative estimate of drug-likeness (QED) is 0.537. The number of carbonyl (C=O) groups is 1. The van der Waals surface area contributed by atoms with E-state index in [4.69, 9.17) is 0 Å². The molecule has 162 valence electrons. The zero-order valence-electron chi connectivity index (χ0n) is 16.6. The Morgan fingerprint density at radius 1 is 1.34 bits per heavy atom.